The van der Waals surface area contributed by atoms with Crippen molar-refractivity contribution in [2.45, 2.75) is 68.6 Å². The topological polar surface area (TPSA) is 46.3 Å². The normalized spacial score (nSPS) is 33.5. The zero-order chi connectivity index (χ0) is 14.0. The molecule has 3 fully saturated rings. The molecule has 2 aliphatic carbocycles. The van der Waals surface area contributed by atoms with Crippen molar-refractivity contribution in [2.24, 2.45) is 11.7 Å². The van der Waals surface area contributed by atoms with E-state index in [0.717, 1.165) is 31.7 Å². The Morgan fingerprint density at radius 1 is 1.20 bits per heavy atom. The molecule has 1 heterocycles. The molecule has 1 aliphatic heterocycles. The fourth-order valence-corrected chi connectivity index (χ4v) is 5.80. The molecular weight excluding hydrogens is 268 g/mol. The largest absolute Gasteiger partial charge is 0.340 e. The summed E-state index contributed by atoms with van der Waals surface area (Å²) >= 11 is 2.13. The van der Waals surface area contributed by atoms with Crippen molar-refractivity contribution in [2.75, 3.05) is 18.8 Å². The second-order valence-corrected chi connectivity index (χ2v) is 8.53. The lowest BCUT2D eigenvalue weighted by atomic mass is 9.87. The van der Waals surface area contributed by atoms with Gasteiger partial charge in [0, 0.05) is 36.1 Å². The highest BCUT2D eigenvalue weighted by Crippen LogP contribution is 2.43. The number of amides is 1. The lowest BCUT2D eigenvalue weighted by molar-refractivity contribution is -0.132. The van der Waals surface area contributed by atoms with Gasteiger partial charge in [-0.3, -0.25) is 4.79 Å². The summed E-state index contributed by atoms with van der Waals surface area (Å²) < 4.78 is 0.393. The zero-order valence-corrected chi connectivity index (χ0v) is 13.3. The second kappa shape index (κ2) is 6.27. The number of hydrogen-bond donors (Lipinski definition) is 1. The molecule has 0 radical (unpaired) electrons. The van der Waals surface area contributed by atoms with Gasteiger partial charge in [-0.2, -0.15) is 11.8 Å². The third-order valence-electron chi connectivity index (χ3n) is 5.52. The Morgan fingerprint density at radius 2 is 2.00 bits per heavy atom. The fraction of sp³-hybridized carbons (Fsp3) is 0.938. The summed E-state index contributed by atoms with van der Waals surface area (Å²) in [5.74, 6) is 1.94. The van der Waals surface area contributed by atoms with Gasteiger partial charge in [0.05, 0.1) is 0 Å². The van der Waals surface area contributed by atoms with E-state index in [2.05, 4.69) is 16.7 Å². The summed E-state index contributed by atoms with van der Waals surface area (Å²) in [6.45, 7) is 1.95. The number of hydrogen-bond acceptors (Lipinski definition) is 3. The monoisotopic (exact) mass is 296 g/mol. The summed E-state index contributed by atoms with van der Waals surface area (Å²) in [5, 5.41) is 0. The lowest BCUT2D eigenvalue weighted by Gasteiger charge is -2.45. The van der Waals surface area contributed by atoms with Crippen molar-refractivity contribution < 1.29 is 4.79 Å². The van der Waals surface area contributed by atoms with Crippen molar-refractivity contribution in [1.29, 1.82) is 0 Å². The molecule has 1 amide bonds. The molecule has 0 aromatic heterocycles. The average Bonchev–Trinajstić information content (AvgIpc) is 2.85. The van der Waals surface area contributed by atoms with Crippen LogP contribution in [-0.4, -0.2) is 40.4 Å². The van der Waals surface area contributed by atoms with E-state index in [9.17, 15) is 4.79 Å². The van der Waals surface area contributed by atoms with Crippen LogP contribution < -0.4 is 5.73 Å². The lowest BCUT2D eigenvalue weighted by Crippen LogP contribution is -2.50. The van der Waals surface area contributed by atoms with Crippen LogP contribution in [0.1, 0.15) is 57.8 Å². The van der Waals surface area contributed by atoms with Crippen LogP contribution in [0.3, 0.4) is 0 Å². The molecule has 3 nitrogen and oxygen atoms in total. The predicted molar refractivity (Wildman–Crippen MR) is 84.8 cm³/mol. The van der Waals surface area contributed by atoms with E-state index < -0.39 is 0 Å². The molecule has 0 bridgehead atoms. The maximum Gasteiger partial charge on any atom is 0.222 e. The summed E-state index contributed by atoms with van der Waals surface area (Å²) in [5.41, 5.74) is 6.12. The van der Waals surface area contributed by atoms with Gasteiger partial charge < -0.3 is 10.6 Å². The Hall–Kier alpha value is -0.220. The molecule has 2 saturated carbocycles. The van der Waals surface area contributed by atoms with Gasteiger partial charge in [0.25, 0.3) is 0 Å². The Bertz CT molecular complexity index is 349. The maximum absolute atomic E-state index is 12.6. The summed E-state index contributed by atoms with van der Waals surface area (Å²) in [6.07, 6.45) is 10.9. The molecule has 4 heteroatoms. The van der Waals surface area contributed by atoms with Crippen LogP contribution in [0.5, 0.6) is 0 Å². The van der Waals surface area contributed by atoms with E-state index in [1.54, 1.807) is 0 Å². The van der Waals surface area contributed by atoms with Crippen molar-refractivity contribution >= 4 is 17.7 Å². The fourth-order valence-electron chi connectivity index (χ4n) is 4.23. The Morgan fingerprint density at radius 3 is 2.70 bits per heavy atom. The first-order valence-electron chi connectivity index (χ1n) is 8.36. The number of nitrogens with zero attached hydrogens (tertiary/aromatic N) is 1. The molecule has 114 valence electrons. The minimum absolute atomic E-state index is 0.266. The van der Waals surface area contributed by atoms with Gasteiger partial charge in [0.2, 0.25) is 5.91 Å². The highest BCUT2D eigenvalue weighted by molar-refractivity contribution is 8.00. The molecule has 0 aromatic carbocycles. The van der Waals surface area contributed by atoms with Crippen LogP contribution in [0, 0.1) is 5.92 Å². The van der Waals surface area contributed by atoms with Gasteiger partial charge in [-0.1, -0.05) is 25.7 Å². The first-order chi connectivity index (χ1) is 9.69. The van der Waals surface area contributed by atoms with Crippen molar-refractivity contribution in [1.82, 2.24) is 4.90 Å². The minimum atomic E-state index is 0.266. The van der Waals surface area contributed by atoms with Crippen LogP contribution in [0.25, 0.3) is 0 Å². The molecule has 1 saturated heterocycles. The van der Waals surface area contributed by atoms with Gasteiger partial charge >= 0.3 is 0 Å². The molecule has 3 aliphatic rings. The summed E-state index contributed by atoms with van der Waals surface area (Å²) in [4.78, 5) is 14.7. The molecule has 2 atom stereocenters. The second-order valence-electron chi connectivity index (χ2n) is 6.97. The van der Waals surface area contributed by atoms with Crippen molar-refractivity contribution in [3.63, 3.8) is 0 Å². The zero-order valence-electron chi connectivity index (χ0n) is 12.5. The molecule has 2 N–H and O–H groups in total. The van der Waals surface area contributed by atoms with Gasteiger partial charge in [-0.05, 0) is 31.6 Å². The first kappa shape index (κ1) is 14.7. The average molecular weight is 296 g/mol. The molecule has 0 unspecified atom stereocenters. The highest BCUT2D eigenvalue weighted by Gasteiger charge is 2.39. The van der Waals surface area contributed by atoms with Gasteiger partial charge in [0.1, 0.15) is 0 Å². The SMILES string of the molecule is N[C@@H]1CCC[C@H]1CC(=O)N1CCSC2(CCCCC2)C1. The van der Waals surface area contributed by atoms with Gasteiger partial charge in [-0.15, -0.1) is 0 Å². The number of rotatable bonds is 2. The van der Waals surface area contributed by atoms with Crippen LogP contribution in [-0.2, 0) is 4.79 Å². The minimum Gasteiger partial charge on any atom is -0.340 e. The standard InChI is InChI=1S/C16H28N2OS/c17-14-6-4-5-13(14)11-15(19)18-9-10-20-16(12-18)7-2-1-3-8-16/h13-14H,1-12,17H2/t13-,14+/m0/s1. The Balaban J connectivity index is 1.57. The molecule has 3 rings (SSSR count). The van der Waals surface area contributed by atoms with E-state index in [1.807, 2.05) is 0 Å². The Labute approximate surface area is 127 Å². The number of nitrogens with two attached hydrogens (primary N) is 1. The van der Waals surface area contributed by atoms with Crippen molar-refractivity contribution in [3.8, 4) is 0 Å². The van der Waals surface area contributed by atoms with E-state index in [-0.39, 0.29) is 6.04 Å². The van der Waals surface area contributed by atoms with E-state index in [4.69, 9.17) is 5.73 Å². The van der Waals surface area contributed by atoms with Crippen LogP contribution in [0.2, 0.25) is 0 Å². The number of carbonyl (C=O) groups excluding carboxylic acids is 1. The number of carbonyl (C=O) groups is 1. The Kier molecular flexibility index (Phi) is 4.61. The third-order valence-corrected chi connectivity index (χ3v) is 7.06. The maximum atomic E-state index is 12.6. The smallest absolute Gasteiger partial charge is 0.222 e. The van der Waals surface area contributed by atoms with E-state index in [1.165, 1.54) is 38.5 Å². The quantitative estimate of drug-likeness (QED) is 0.852. The molecule has 20 heavy (non-hydrogen) atoms. The van der Waals surface area contributed by atoms with Crippen molar-refractivity contribution in [3.05, 3.63) is 0 Å². The molecule has 1 spiro atoms. The van der Waals surface area contributed by atoms with Gasteiger partial charge in [0.15, 0.2) is 0 Å². The summed E-state index contributed by atoms with van der Waals surface area (Å²) in [6, 6.07) is 0.266. The van der Waals surface area contributed by atoms with E-state index in [0.29, 0.717) is 23.0 Å². The third kappa shape index (κ3) is 3.16. The van der Waals surface area contributed by atoms with Crippen LogP contribution in [0.4, 0.5) is 0 Å². The molecule has 0 aromatic rings. The predicted octanol–water partition coefficient (Wildman–Crippen LogP) is 2.78. The highest BCUT2D eigenvalue weighted by atomic mass is 32.2. The first-order valence-corrected chi connectivity index (χ1v) is 9.34. The summed E-state index contributed by atoms with van der Waals surface area (Å²) in [7, 11) is 0. The van der Waals surface area contributed by atoms with Gasteiger partial charge in [-0.25, -0.2) is 0 Å². The van der Waals surface area contributed by atoms with Crippen LogP contribution >= 0.6 is 11.8 Å². The molecular formula is C16H28N2OS. The van der Waals surface area contributed by atoms with E-state index >= 15 is 0 Å². The van der Waals surface area contributed by atoms with Crippen LogP contribution in [0.15, 0.2) is 0 Å². The number of thioether (sulfide) groups is 1.